The van der Waals surface area contributed by atoms with Crippen LogP contribution in [0, 0.1) is 23.7 Å². The molecule has 0 spiro atoms. The van der Waals surface area contributed by atoms with E-state index in [0.29, 0.717) is 18.0 Å². The molecule has 1 saturated heterocycles. The largest absolute Gasteiger partial charge is 0.480 e. The number of aromatic nitrogens is 1. The molecule has 5 rings (SSSR count). The highest BCUT2D eigenvalue weighted by Crippen LogP contribution is 2.38. The van der Waals surface area contributed by atoms with Gasteiger partial charge in [-0.1, -0.05) is 30.2 Å². The third-order valence-electron chi connectivity index (χ3n) is 6.44. The molecule has 0 amide bonds. The second-order valence-electron chi connectivity index (χ2n) is 8.12. The van der Waals surface area contributed by atoms with Gasteiger partial charge in [0.25, 0.3) is 0 Å². The van der Waals surface area contributed by atoms with Crippen LogP contribution in [0.15, 0.2) is 36.4 Å². The van der Waals surface area contributed by atoms with Crippen LogP contribution >= 0.6 is 0 Å². The minimum atomic E-state index is 0.406. The molecule has 0 saturated carbocycles. The standard InChI is InChI=1S/C26H25N5O/c1-3-18-6-4-7-19-8-5-9-23(24(18)19)31-13-10-20-22(17-31)21(16-27)26(32-2)29-25(20)30-14-11-28-12-15-30/h1,4-9,28H,10-15,17H2,2H3. The predicted octanol–water partition coefficient (Wildman–Crippen LogP) is 3.07. The number of pyridine rings is 1. The first kappa shape index (κ1) is 20.2. The van der Waals surface area contributed by atoms with Gasteiger partial charge in [-0.2, -0.15) is 10.2 Å². The summed E-state index contributed by atoms with van der Waals surface area (Å²) in [6, 6.07) is 14.7. The van der Waals surface area contributed by atoms with Gasteiger partial charge < -0.3 is 19.9 Å². The smallest absolute Gasteiger partial charge is 0.233 e. The highest BCUT2D eigenvalue weighted by Gasteiger charge is 2.29. The van der Waals surface area contributed by atoms with Crippen LogP contribution in [0.1, 0.15) is 22.3 Å². The number of piperazine rings is 1. The fourth-order valence-corrected chi connectivity index (χ4v) is 4.90. The van der Waals surface area contributed by atoms with Crippen LogP contribution in [0.25, 0.3) is 10.8 Å². The quantitative estimate of drug-likeness (QED) is 0.654. The number of ether oxygens (including phenoxy) is 1. The summed E-state index contributed by atoms with van der Waals surface area (Å²) < 4.78 is 5.56. The molecular weight excluding hydrogens is 398 g/mol. The average molecular weight is 424 g/mol. The van der Waals surface area contributed by atoms with E-state index in [2.05, 4.69) is 51.4 Å². The summed E-state index contributed by atoms with van der Waals surface area (Å²) in [5.74, 6) is 4.20. The van der Waals surface area contributed by atoms with Crippen molar-refractivity contribution in [2.45, 2.75) is 13.0 Å². The summed E-state index contributed by atoms with van der Waals surface area (Å²) in [6.45, 7) is 5.10. The van der Waals surface area contributed by atoms with E-state index < -0.39 is 0 Å². The van der Waals surface area contributed by atoms with Gasteiger partial charge in [-0.05, 0) is 23.9 Å². The Morgan fingerprint density at radius 3 is 2.56 bits per heavy atom. The zero-order valence-electron chi connectivity index (χ0n) is 18.2. The van der Waals surface area contributed by atoms with Crippen LogP contribution in [-0.4, -0.2) is 44.8 Å². The summed E-state index contributed by atoms with van der Waals surface area (Å²) in [5, 5.41) is 15.6. The first-order chi connectivity index (χ1) is 15.7. The Balaban J connectivity index is 1.63. The number of rotatable bonds is 3. The normalized spacial score (nSPS) is 15.7. The molecule has 0 radical (unpaired) electrons. The van der Waals surface area contributed by atoms with Crippen molar-refractivity contribution in [3.8, 4) is 24.3 Å². The average Bonchev–Trinajstić information content (AvgIpc) is 2.87. The third kappa shape index (κ3) is 3.30. The molecule has 32 heavy (non-hydrogen) atoms. The number of nitriles is 1. The topological polar surface area (TPSA) is 64.4 Å². The van der Waals surface area contributed by atoms with Gasteiger partial charge in [-0.25, -0.2) is 0 Å². The predicted molar refractivity (Wildman–Crippen MR) is 127 cm³/mol. The van der Waals surface area contributed by atoms with Crippen molar-refractivity contribution in [1.29, 1.82) is 5.26 Å². The SMILES string of the molecule is C#Cc1cccc2cccc(N3CCc4c(N5CCNCC5)nc(OC)c(C#N)c4C3)c12. The zero-order valence-corrected chi connectivity index (χ0v) is 18.2. The molecule has 3 aromatic rings. The number of nitrogens with one attached hydrogen (secondary N) is 1. The van der Waals surface area contributed by atoms with E-state index in [1.165, 1.54) is 0 Å². The maximum atomic E-state index is 9.98. The van der Waals surface area contributed by atoms with Gasteiger partial charge in [0.15, 0.2) is 0 Å². The maximum absolute atomic E-state index is 9.98. The number of terminal acetylenes is 1. The molecule has 0 aliphatic carbocycles. The number of methoxy groups -OCH3 is 1. The van der Waals surface area contributed by atoms with Gasteiger partial charge in [-0.15, -0.1) is 6.42 Å². The monoisotopic (exact) mass is 423 g/mol. The van der Waals surface area contributed by atoms with E-state index in [1.807, 2.05) is 12.1 Å². The summed E-state index contributed by atoms with van der Waals surface area (Å²) in [5.41, 5.74) is 4.69. The molecule has 2 aromatic carbocycles. The van der Waals surface area contributed by atoms with Gasteiger partial charge in [0, 0.05) is 67.0 Å². The van der Waals surface area contributed by atoms with Crippen LogP contribution in [0.2, 0.25) is 0 Å². The molecule has 6 heteroatoms. The summed E-state index contributed by atoms with van der Waals surface area (Å²) in [4.78, 5) is 9.42. The first-order valence-corrected chi connectivity index (χ1v) is 10.9. The van der Waals surface area contributed by atoms with E-state index in [4.69, 9.17) is 16.1 Å². The van der Waals surface area contributed by atoms with Gasteiger partial charge in [0.05, 0.1) is 7.11 Å². The van der Waals surface area contributed by atoms with Crippen molar-refractivity contribution in [1.82, 2.24) is 10.3 Å². The molecule has 0 atom stereocenters. The van der Waals surface area contributed by atoms with Crippen molar-refractivity contribution in [3.63, 3.8) is 0 Å². The fourth-order valence-electron chi connectivity index (χ4n) is 4.90. The molecule has 0 unspecified atom stereocenters. The van der Waals surface area contributed by atoms with E-state index in [-0.39, 0.29) is 0 Å². The summed E-state index contributed by atoms with van der Waals surface area (Å²) in [6.07, 6.45) is 6.64. The molecule has 0 bridgehead atoms. The van der Waals surface area contributed by atoms with Crippen LogP contribution in [0.5, 0.6) is 5.88 Å². The Hall–Kier alpha value is -3.74. The van der Waals surface area contributed by atoms with Crippen molar-refractivity contribution in [2.75, 3.05) is 49.6 Å². The van der Waals surface area contributed by atoms with E-state index in [1.54, 1.807) is 7.11 Å². The third-order valence-corrected chi connectivity index (χ3v) is 6.44. The number of hydrogen-bond donors (Lipinski definition) is 1. The molecule has 1 aromatic heterocycles. The highest BCUT2D eigenvalue weighted by molar-refractivity contribution is 5.99. The molecule has 2 aliphatic rings. The van der Waals surface area contributed by atoms with E-state index in [0.717, 1.165) is 78.1 Å². The Labute approximate surface area is 188 Å². The lowest BCUT2D eigenvalue weighted by molar-refractivity contribution is 0.394. The van der Waals surface area contributed by atoms with Gasteiger partial charge in [0.2, 0.25) is 5.88 Å². The van der Waals surface area contributed by atoms with E-state index in [9.17, 15) is 5.26 Å². The second kappa shape index (κ2) is 8.42. The second-order valence-corrected chi connectivity index (χ2v) is 8.12. The molecular formula is C26H25N5O. The summed E-state index contributed by atoms with van der Waals surface area (Å²) in [7, 11) is 1.58. The Morgan fingerprint density at radius 2 is 1.84 bits per heavy atom. The van der Waals surface area contributed by atoms with Crippen molar-refractivity contribution < 1.29 is 4.74 Å². The number of nitrogens with zero attached hydrogens (tertiary/aromatic N) is 4. The zero-order chi connectivity index (χ0) is 22.1. The van der Waals surface area contributed by atoms with Crippen LogP contribution < -0.4 is 19.9 Å². The fraction of sp³-hybridized carbons (Fsp3) is 0.308. The highest BCUT2D eigenvalue weighted by atomic mass is 16.5. The Bertz CT molecular complexity index is 1260. The number of fused-ring (bicyclic) bond motifs is 2. The first-order valence-electron chi connectivity index (χ1n) is 10.9. The number of hydrogen-bond acceptors (Lipinski definition) is 6. The van der Waals surface area contributed by atoms with E-state index >= 15 is 0 Å². The van der Waals surface area contributed by atoms with Gasteiger partial charge >= 0.3 is 0 Å². The van der Waals surface area contributed by atoms with Crippen molar-refractivity contribution >= 4 is 22.3 Å². The molecule has 1 fully saturated rings. The Kier molecular flexibility index (Phi) is 5.31. The lowest BCUT2D eigenvalue weighted by atomic mass is 9.94. The summed E-state index contributed by atoms with van der Waals surface area (Å²) >= 11 is 0. The molecule has 6 nitrogen and oxygen atoms in total. The van der Waals surface area contributed by atoms with Crippen LogP contribution in [0.3, 0.4) is 0 Å². The van der Waals surface area contributed by atoms with Gasteiger partial charge in [-0.3, -0.25) is 0 Å². The number of anilines is 2. The molecule has 1 N–H and O–H groups in total. The van der Waals surface area contributed by atoms with Crippen molar-refractivity contribution in [2.24, 2.45) is 0 Å². The van der Waals surface area contributed by atoms with Crippen LogP contribution in [-0.2, 0) is 13.0 Å². The lowest BCUT2D eigenvalue weighted by Gasteiger charge is -2.36. The number of benzene rings is 2. The molecule has 160 valence electrons. The van der Waals surface area contributed by atoms with Gasteiger partial charge in [0.1, 0.15) is 17.5 Å². The molecule has 2 aliphatic heterocycles. The minimum absolute atomic E-state index is 0.406. The molecule has 3 heterocycles. The lowest BCUT2D eigenvalue weighted by Crippen LogP contribution is -2.45. The minimum Gasteiger partial charge on any atom is -0.480 e. The van der Waals surface area contributed by atoms with Crippen molar-refractivity contribution in [3.05, 3.63) is 58.7 Å². The van der Waals surface area contributed by atoms with Crippen LogP contribution in [0.4, 0.5) is 11.5 Å². The Morgan fingerprint density at radius 1 is 1.06 bits per heavy atom. The maximum Gasteiger partial charge on any atom is 0.233 e.